The van der Waals surface area contributed by atoms with Crippen molar-refractivity contribution in [3.8, 4) is 0 Å². The second-order valence-electron chi connectivity index (χ2n) is 6.87. The SMILES string of the molecule is CCCO[C@@H]1C[C@@H](C(=O)NCc2nccn2CC)CC[C@H]1NS(C)(=O)=O.O=CO. The number of nitrogens with one attached hydrogen (secondary N) is 2. The maximum atomic E-state index is 12.6. The maximum Gasteiger partial charge on any atom is 0.290 e. The van der Waals surface area contributed by atoms with E-state index in [9.17, 15) is 13.2 Å². The van der Waals surface area contributed by atoms with E-state index in [1.165, 1.54) is 0 Å². The predicted molar refractivity (Wildman–Crippen MR) is 108 cm³/mol. The number of amides is 1. The summed E-state index contributed by atoms with van der Waals surface area (Å²) in [4.78, 5) is 25.2. The fourth-order valence-corrected chi connectivity index (χ4v) is 4.16. The van der Waals surface area contributed by atoms with Crippen LogP contribution in [0.4, 0.5) is 0 Å². The Balaban J connectivity index is 0.00000132. The molecule has 0 bridgehead atoms. The largest absolute Gasteiger partial charge is 0.483 e. The van der Waals surface area contributed by atoms with Crippen molar-refractivity contribution in [2.75, 3.05) is 12.9 Å². The smallest absolute Gasteiger partial charge is 0.290 e. The number of nitrogens with zero attached hydrogens (tertiary/aromatic N) is 2. The summed E-state index contributed by atoms with van der Waals surface area (Å²) < 4.78 is 33.6. The fourth-order valence-electron chi connectivity index (χ4n) is 3.34. The van der Waals surface area contributed by atoms with E-state index in [4.69, 9.17) is 14.6 Å². The van der Waals surface area contributed by atoms with Crippen LogP contribution in [-0.4, -0.2) is 60.5 Å². The Bertz CT molecular complexity index is 736. The zero-order valence-electron chi connectivity index (χ0n) is 17.2. The molecule has 1 fully saturated rings. The van der Waals surface area contributed by atoms with E-state index in [1.807, 2.05) is 24.6 Å². The predicted octanol–water partition coefficient (Wildman–Crippen LogP) is 0.733. The molecule has 1 aliphatic carbocycles. The molecule has 3 N–H and O–H groups in total. The summed E-state index contributed by atoms with van der Waals surface area (Å²) in [5, 5.41) is 9.84. The van der Waals surface area contributed by atoms with Crippen LogP contribution in [0, 0.1) is 5.92 Å². The van der Waals surface area contributed by atoms with Gasteiger partial charge in [0.15, 0.2) is 0 Å². The summed E-state index contributed by atoms with van der Waals surface area (Å²) in [5.41, 5.74) is 0. The topological polar surface area (TPSA) is 140 Å². The Morgan fingerprint density at radius 1 is 1.41 bits per heavy atom. The van der Waals surface area contributed by atoms with Crippen molar-refractivity contribution < 1.29 is 27.9 Å². The monoisotopic (exact) mass is 432 g/mol. The van der Waals surface area contributed by atoms with E-state index in [-0.39, 0.29) is 30.4 Å². The second-order valence-corrected chi connectivity index (χ2v) is 8.65. The van der Waals surface area contributed by atoms with Crippen LogP contribution < -0.4 is 10.0 Å². The van der Waals surface area contributed by atoms with Gasteiger partial charge >= 0.3 is 0 Å². The van der Waals surface area contributed by atoms with Crippen molar-refractivity contribution in [1.29, 1.82) is 0 Å². The number of aromatic nitrogens is 2. The van der Waals surface area contributed by atoms with Crippen molar-refractivity contribution >= 4 is 22.4 Å². The number of sulfonamides is 1. The summed E-state index contributed by atoms with van der Waals surface area (Å²) in [6, 6.07) is -0.278. The zero-order valence-corrected chi connectivity index (χ0v) is 18.0. The normalized spacial score (nSPS) is 21.7. The summed E-state index contributed by atoms with van der Waals surface area (Å²) in [7, 11) is -3.31. The van der Waals surface area contributed by atoms with Gasteiger partial charge < -0.3 is 19.7 Å². The Morgan fingerprint density at radius 2 is 2.10 bits per heavy atom. The lowest BCUT2D eigenvalue weighted by molar-refractivity contribution is -0.128. The first-order valence-corrected chi connectivity index (χ1v) is 11.6. The van der Waals surface area contributed by atoms with Crippen molar-refractivity contribution in [2.45, 2.75) is 64.8 Å². The molecule has 3 atom stereocenters. The lowest BCUT2D eigenvalue weighted by atomic mass is 9.83. The minimum Gasteiger partial charge on any atom is -0.483 e. The van der Waals surface area contributed by atoms with Gasteiger partial charge in [-0.05, 0) is 32.6 Å². The van der Waals surface area contributed by atoms with Crippen LogP contribution >= 0.6 is 0 Å². The number of carbonyl (C=O) groups is 2. The molecule has 0 aliphatic heterocycles. The minimum atomic E-state index is -3.31. The van der Waals surface area contributed by atoms with Gasteiger partial charge in [0, 0.05) is 37.5 Å². The third-order valence-electron chi connectivity index (χ3n) is 4.63. The molecule has 11 heteroatoms. The quantitative estimate of drug-likeness (QED) is 0.489. The fraction of sp³-hybridized carbons (Fsp3) is 0.722. The van der Waals surface area contributed by atoms with Crippen LogP contribution in [-0.2, 0) is 37.4 Å². The highest BCUT2D eigenvalue weighted by atomic mass is 32.2. The number of rotatable bonds is 9. The van der Waals surface area contributed by atoms with Crippen LogP contribution in [0.2, 0.25) is 0 Å². The number of carbonyl (C=O) groups excluding carboxylic acids is 1. The van der Waals surface area contributed by atoms with Gasteiger partial charge in [-0.1, -0.05) is 6.92 Å². The number of imidazole rings is 1. The average molecular weight is 433 g/mol. The summed E-state index contributed by atoms with van der Waals surface area (Å²) in [6.45, 7) is 5.53. The summed E-state index contributed by atoms with van der Waals surface area (Å²) >= 11 is 0. The molecular formula is C18H32N4O6S. The van der Waals surface area contributed by atoms with Crippen molar-refractivity contribution in [3.05, 3.63) is 18.2 Å². The van der Waals surface area contributed by atoms with Gasteiger partial charge in [-0.3, -0.25) is 9.59 Å². The molecule has 1 aromatic rings. The first-order chi connectivity index (χ1) is 13.8. The van der Waals surface area contributed by atoms with Crippen molar-refractivity contribution in [3.63, 3.8) is 0 Å². The van der Waals surface area contributed by atoms with E-state index < -0.39 is 10.0 Å². The molecule has 1 aromatic heterocycles. The van der Waals surface area contributed by atoms with Crippen molar-refractivity contribution in [1.82, 2.24) is 19.6 Å². The third kappa shape index (κ3) is 8.92. The first-order valence-electron chi connectivity index (χ1n) is 9.70. The molecule has 29 heavy (non-hydrogen) atoms. The van der Waals surface area contributed by atoms with Gasteiger partial charge in [0.1, 0.15) is 5.82 Å². The maximum absolute atomic E-state index is 12.6. The number of carboxylic acid groups (broad SMARTS) is 1. The van der Waals surface area contributed by atoms with Gasteiger partial charge in [0.25, 0.3) is 6.47 Å². The number of hydrogen-bond acceptors (Lipinski definition) is 6. The summed E-state index contributed by atoms with van der Waals surface area (Å²) in [6.07, 6.45) is 7.06. The molecule has 1 heterocycles. The Hall–Kier alpha value is -1.98. The number of aryl methyl sites for hydroxylation is 1. The highest BCUT2D eigenvalue weighted by Gasteiger charge is 2.35. The Kier molecular flexibility index (Phi) is 10.8. The Morgan fingerprint density at radius 3 is 2.69 bits per heavy atom. The van der Waals surface area contributed by atoms with Gasteiger partial charge in [-0.25, -0.2) is 18.1 Å². The van der Waals surface area contributed by atoms with Gasteiger partial charge in [0.05, 0.1) is 18.9 Å². The summed E-state index contributed by atoms with van der Waals surface area (Å²) in [5.74, 6) is 0.616. The van der Waals surface area contributed by atoms with Gasteiger partial charge in [-0.2, -0.15) is 0 Å². The van der Waals surface area contributed by atoms with Crippen LogP contribution in [0.5, 0.6) is 0 Å². The first kappa shape index (κ1) is 25.1. The molecule has 0 unspecified atom stereocenters. The number of hydrogen-bond donors (Lipinski definition) is 3. The molecule has 1 amide bonds. The van der Waals surface area contributed by atoms with Crippen LogP contribution in [0.1, 0.15) is 45.4 Å². The number of ether oxygens (including phenoxy) is 1. The van der Waals surface area contributed by atoms with E-state index in [1.54, 1.807) is 6.20 Å². The van der Waals surface area contributed by atoms with Crippen LogP contribution in [0.3, 0.4) is 0 Å². The highest BCUT2D eigenvalue weighted by Crippen LogP contribution is 2.28. The average Bonchev–Trinajstić information content (AvgIpc) is 3.12. The van der Waals surface area contributed by atoms with E-state index in [0.29, 0.717) is 32.4 Å². The minimum absolute atomic E-state index is 0.0291. The van der Waals surface area contributed by atoms with E-state index in [2.05, 4.69) is 15.0 Å². The lowest BCUT2D eigenvalue weighted by Crippen LogP contribution is -2.49. The molecule has 2 rings (SSSR count). The molecule has 0 aromatic carbocycles. The van der Waals surface area contributed by atoms with E-state index >= 15 is 0 Å². The standard InChI is InChI=1S/C17H30N4O4S.CH2O2/c1-4-10-25-15-11-13(6-7-14(15)20-26(3,23)24)17(22)19-12-16-18-8-9-21(16)5-2;2-1-3/h8-9,13-15,20H,4-7,10-12H2,1-3H3,(H,19,22);1H,(H,2,3)/t13-,14+,15+;/m0./s1. The van der Waals surface area contributed by atoms with Gasteiger partial charge in [0.2, 0.25) is 15.9 Å². The highest BCUT2D eigenvalue weighted by molar-refractivity contribution is 7.88. The molecule has 1 saturated carbocycles. The van der Waals surface area contributed by atoms with Gasteiger partial charge in [-0.15, -0.1) is 0 Å². The van der Waals surface area contributed by atoms with Crippen molar-refractivity contribution in [2.24, 2.45) is 5.92 Å². The second kappa shape index (κ2) is 12.6. The van der Waals surface area contributed by atoms with Crippen LogP contribution in [0.15, 0.2) is 12.4 Å². The molecule has 1 aliphatic rings. The Labute approximate surface area is 172 Å². The third-order valence-corrected chi connectivity index (χ3v) is 5.36. The molecule has 0 saturated heterocycles. The molecular weight excluding hydrogens is 400 g/mol. The lowest BCUT2D eigenvalue weighted by Gasteiger charge is -2.35. The zero-order chi connectivity index (χ0) is 21.9. The molecule has 166 valence electrons. The van der Waals surface area contributed by atoms with E-state index in [0.717, 1.165) is 25.0 Å². The molecule has 0 spiro atoms. The molecule has 10 nitrogen and oxygen atoms in total. The van der Waals surface area contributed by atoms with Crippen LogP contribution in [0.25, 0.3) is 0 Å². The molecule has 0 radical (unpaired) electrons.